The molecule has 11 heteroatoms. The Bertz CT molecular complexity index is 1430. The second kappa shape index (κ2) is 9.62. The summed E-state index contributed by atoms with van der Waals surface area (Å²) in [5.74, 6) is 1.31. The number of nitrogens with zero attached hydrogens (tertiary/aromatic N) is 4. The summed E-state index contributed by atoms with van der Waals surface area (Å²) in [7, 11) is 3.01. The summed E-state index contributed by atoms with van der Waals surface area (Å²) in [6, 6.07) is 4.05. The lowest BCUT2D eigenvalue weighted by Gasteiger charge is -2.28. The molecule has 0 bridgehead atoms. The Labute approximate surface area is 205 Å². The Morgan fingerprint density at radius 2 is 2.03 bits per heavy atom. The fourth-order valence-corrected chi connectivity index (χ4v) is 4.56. The van der Waals surface area contributed by atoms with Gasteiger partial charge in [0.15, 0.2) is 0 Å². The van der Waals surface area contributed by atoms with Crippen LogP contribution < -0.4 is 10.9 Å². The fraction of sp³-hybridized carbons (Fsp3) is 0.360. The molecule has 3 aromatic rings. The molecule has 0 aliphatic carbocycles. The van der Waals surface area contributed by atoms with Crippen molar-refractivity contribution in [1.29, 1.82) is 0 Å². The van der Waals surface area contributed by atoms with E-state index in [4.69, 9.17) is 11.2 Å². The highest BCUT2D eigenvalue weighted by Crippen LogP contribution is 2.36. The first-order chi connectivity index (χ1) is 17.1. The zero-order chi connectivity index (χ0) is 26.2. The highest BCUT2D eigenvalue weighted by Gasteiger charge is 2.43. The molecule has 8 nitrogen and oxygen atoms in total. The van der Waals surface area contributed by atoms with E-state index in [1.165, 1.54) is 44.1 Å². The molecule has 2 aromatic heterocycles. The predicted molar refractivity (Wildman–Crippen MR) is 127 cm³/mol. The lowest BCUT2D eigenvalue weighted by atomic mass is 9.92. The molecule has 36 heavy (non-hydrogen) atoms. The molecule has 1 amide bonds. The van der Waals surface area contributed by atoms with Crippen molar-refractivity contribution < 1.29 is 22.7 Å². The van der Waals surface area contributed by atoms with Crippen LogP contribution in [0.2, 0.25) is 0 Å². The lowest BCUT2D eigenvalue weighted by molar-refractivity contribution is -0.129. The number of pyridine rings is 1. The van der Waals surface area contributed by atoms with Crippen LogP contribution in [0.5, 0.6) is 0 Å². The summed E-state index contributed by atoms with van der Waals surface area (Å²) in [6.07, 6.45) is 4.24. The molecular weight excluding hydrogens is 475 g/mol. The molecule has 2 atom stereocenters. The third-order valence-electron chi connectivity index (χ3n) is 6.62. The number of terminal acetylenes is 1. The molecule has 188 valence electrons. The number of anilines is 1. The van der Waals surface area contributed by atoms with Crippen molar-refractivity contribution in [3.05, 3.63) is 63.5 Å². The molecular formula is C25H24F3N5O3. The van der Waals surface area contributed by atoms with Crippen LogP contribution in [-0.2, 0) is 22.2 Å². The fourth-order valence-electron chi connectivity index (χ4n) is 4.56. The van der Waals surface area contributed by atoms with Crippen LogP contribution in [0, 0.1) is 18.2 Å². The number of likely N-dealkylation sites (tertiary alicyclic amines) is 1. The van der Waals surface area contributed by atoms with E-state index in [0.29, 0.717) is 23.9 Å². The molecule has 0 radical (unpaired) electrons. The second-order valence-corrected chi connectivity index (χ2v) is 8.57. The maximum atomic E-state index is 14.8. The van der Waals surface area contributed by atoms with Crippen molar-refractivity contribution in [3.8, 4) is 12.3 Å². The molecule has 3 heterocycles. The minimum atomic E-state index is -3.01. The Morgan fingerprint density at radius 1 is 1.31 bits per heavy atom. The van der Waals surface area contributed by atoms with Crippen molar-refractivity contribution in [2.45, 2.75) is 31.4 Å². The van der Waals surface area contributed by atoms with Gasteiger partial charge in [-0.1, -0.05) is 24.1 Å². The van der Waals surface area contributed by atoms with Crippen LogP contribution >= 0.6 is 0 Å². The van der Waals surface area contributed by atoms with Crippen molar-refractivity contribution >= 4 is 22.8 Å². The van der Waals surface area contributed by atoms with Gasteiger partial charge in [0.05, 0.1) is 23.1 Å². The number of amides is 1. The van der Waals surface area contributed by atoms with Crippen LogP contribution in [0.4, 0.5) is 19.0 Å². The van der Waals surface area contributed by atoms with Gasteiger partial charge < -0.3 is 15.0 Å². The average molecular weight is 499 g/mol. The van der Waals surface area contributed by atoms with Crippen LogP contribution in [0.25, 0.3) is 11.0 Å². The summed E-state index contributed by atoms with van der Waals surface area (Å²) in [4.78, 5) is 35.3. The Balaban J connectivity index is 1.84. The third kappa shape index (κ3) is 4.18. The number of rotatable bonds is 6. The SMILES string of the molecule is C#C[C@@H](Nc1ncnc2c1cc(C1(OC)CCN(C(C)=O)C1)c(=O)n2C)c1cccc(C(F)F)c1F. The van der Waals surface area contributed by atoms with Gasteiger partial charge >= 0.3 is 0 Å². The number of carbonyl (C=O) groups excluding carboxylic acids is 1. The molecule has 1 fully saturated rings. The molecule has 0 saturated carbocycles. The monoisotopic (exact) mass is 499 g/mol. The highest BCUT2D eigenvalue weighted by atomic mass is 19.3. The molecule has 4 rings (SSSR count). The van der Waals surface area contributed by atoms with Gasteiger partial charge in [0, 0.05) is 39.6 Å². The number of benzene rings is 1. The van der Waals surface area contributed by atoms with E-state index in [9.17, 15) is 22.8 Å². The summed E-state index contributed by atoms with van der Waals surface area (Å²) in [5, 5.41) is 3.31. The minimum absolute atomic E-state index is 0.137. The van der Waals surface area contributed by atoms with Crippen molar-refractivity contribution in [1.82, 2.24) is 19.4 Å². The van der Waals surface area contributed by atoms with Crippen LogP contribution in [0.15, 0.2) is 35.4 Å². The number of fused-ring (bicyclic) bond motifs is 1. The number of carbonyl (C=O) groups is 1. The summed E-state index contributed by atoms with van der Waals surface area (Å²) in [5.41, 5.74) is -1.75. The number of nitrogens with one attached hydrogen (secondary N) is 1. The zero-order valence-corrected chi connectivity index (χ0v) is 19.9. The second-order valence-electron chi connectivity index (χ2n) is 8.57. The van der Waals surface area contributed by atoms with Crippen LogP contribution in [0.1, 0.15) is 42.5 Å². The number of aromatic nitrogens is 3. The molecule has 1 N–H and O–H groups in total. The number of aryl methyl sites for hydroxylation is 1. The molecule has 1 aliphatic rings. The van der Waals surface area contributed by atoms with E-state index in [2.05, 4.69) is 21.2 Å². The number of hydrogen-bond acceptors (Lipinski definition) is 6. The van der Waals surface area contributed by atoms with Gasteiger partial charge in [0.2, 0.25) is 5.91 Å². The van der Waals surface area contributed by atoms with E-state index in [0.717, 1.165) is 6.07 Å². The van der Waals surface area contributed by atoms with Gasteiger partial charge in [-0.05, 0) is 6.07 Å². The Kier molecular flexibility index (Phi) is 6.73. The highest BCUT2D eigenvalue weighted by molar-refractivity contribution is 5.87. The summed E-state index contributed by atoms with van der Waals surface area (Å²) >= 11 is 0. The first-order valence-corrected chi connectivity index (χ1v) is 11.1. The quantitative estimate of drug-likeness (QED) is 0.524. The van der Waals surface area contributed by atoms with Gasteiger partial charge in [-0.3, -0.25) is 14.2 Å². The van der Waals surface area contributed by atoms with Crippen molar-refractivity contribution in [2.75, 3.05) is 25.5 Å². The van der Waals surface area contributed by atoms with Gasteiger partial charge in [-0.2, -0.15) is 0 Å². The first-order valence-electron chi connectivity index (χ1n) is 11.1. The number of ether oxygens (including phenoxy) is 1. The van der Waals surface area contributed by atoms with E-state index in [-0.39, 0.29) is 35.0 Å². The number of hydrogen-bond donors (Lipinski definition) is 1. The number of alkyl halides is 2. The smallest absolute Gasteiger partial charge is 0.266 e. The molecule has 1 unspecified atom stereocenters. The van der Waals surface area contributed by atoms with Crippen LogP contribution in [-0.4, -0.2) is 45.5 Å². The molecule has 1 aromatic carbocycles. The Hall–Kier alpha value is -3.91. The molecule has 1 saturated heterocycles. The van der Waals surface area contributed by atoms with Crippen molar-refractivity contribution in [3.63, 3.8) is 0 Å². The lowest BCUT2D eigenvalue weighted by Crippen LogP contribution is -2.40. The summed E-state index contributed by atoms with van der Waals surface area (Å²) < 4.78 is 48.4. The maximum Gasteiger partial charge on any atom is 0.266 e. The maximum absolute atomic E-state index is 14.8. The van der Waals surface area contributed by atoms with Crippen LogP contribution in [0.3, 0.4) is 0 Å². The average Bonchev–Trinajstić information content (AvgIpc) is 3.31. The van der Waals surface area contributed by atoms with E-state index < -0.39 is 29.4 Å². The normalized spacial score (nSPS) is 18.4. The third-order valence-corrected chi connectivity index (χ3v) is 6.62. The predicted octanol–water partition coefficient (Wildman–Crippen LogP) is 3.29. The van der Waals surface area contributed by atoms with Crippen molar-refractivity contribution in [2.24, 2.45) is 7.05 Å². The van der Waals surface area contributed by atoms with Gasteiger partial charge in [-0.15, -0.1) is 6.42 Å². The van der Waals surface area contributed by atoms with E-state index in [1.54, 1.807) is 11.0 Å². The largest absolute Gasteiger partial charge is 0.371 e. The number of methoxy groups -OCH3 is 1. The molecule has 0 spiro atoms. The zero-order valence-electron chi connectivity index (χ0n) is 19.9. The Morgan fingerprint density at radius 3 is 2.64 bits per heavy atom. The van der Waals surface area contributed by atoms with Gasteiger partial charge in [0.25, 0.3) is 12.0 Å². The first kappa shape index (κ1) is 25.2. The molecule has 1 aliphatic heterocycles. The minimum Gasteiger partial charge on any atom is -0.371 e. The summed E-state index contributed by atoms with van der Waals surface area (Å²) in [6.45, 7) is 2.05. The number of halogens is 3. The van der Waals surface area contributed by atoms with Gasteiger partial charge in [0.1, 0.15) is 35.3 Å². The van der Waals surface area contributed by atoms with Gasteiger partial charge in [-0.25, -0.2) is 23.1 Å². The van der Waals surface area contributed by atoms with E-state index >= 15 is 0 Å². The standard InChI is InChI=1S/C25H24F3N5O3/c1-5-19(15-7-6-8-16(20(15)26)21(27)28)31-22-17-11-18(24(35)32(3)23(17)30-13-29-22)25(36-4)9-10-33(12-25)14(2)34/h1,6-8,11,13,19,21H,9-10,12H2,2-4H3,(H,29,30,31)/t19-,25?/m1/s1. The van der Waals surface area contributed by atoms with E-state index in [1.807, 2.05) is 0 Å². The topological polar surface area (TPSA) is 89.4 Å².